The van der Waals surface area contributed by atoms with Crippen LogP contribution in [-0.4, -0.2) is 6.61 Å². The van der Waals surface area contributed by atoms with Gasteiger partial charge in [0.15, 0.2) is 0 Å². The molecule has 1 unspecified atom stereocenters. The third-order valence-electron chi connectivity index (χ3n) is 4.60. The Hall–Kier alpha value is -3.05. The number of para-hydroxylation sites is 1. The highest BCUT2D eigenvalue weighted by Gasteiger charge is 2.41. The Morgan fingerprint density at radius 2 is 1.75 bits per heavy atom. The molecule has 2 bridgehead atoms. The minimum atomic E-state index is 0.127. The van der Waals surface area contributed by atoms with Crippen molar-refractivity contribution in [3.05, 3.63) is 94.6 Å². The molecule has 0 saturated carbocycles. The number of rotatable bonds is 4. The van der Waals surface area contributed by atoms with E-state index in [1.807, 2.05) is 43.3 Å². The van der Waals surface area contributed by atoms with Crippen molar-refractivity contribution in [2.24, 2.45) is 0 Å². The summed E-state index contributed by atoms with van der Waals surface area (Å²) in [5, 5.41) is 9.59. The molecule has 0 N–H and O–H groups in total. The van der Waals surface area contributed by atoms with Gasteiger partial charge in [-0.3, -0.25) is 0 Å². The van der Waals surface area contributed by atoms with Crippen LogP contribution < -0.4 is 4.74 Å². The first-order chi connectivity index (χ1) is 11.8. The summed E-state index contributed by atoms with van der Waals surface area (Å²) >= 11 is 0. The SMILES string of the molecule is CCOc1ccccc1C1c2ccc(-c3ccccc3)c1c2C#N. The van der Waals surface area contributed by atoms with E-state index in [2.05, 4.69) is 36.4 Å². The van der Waals surface area contributed by atoms with Crippen LogP contribution in [0.2, 0.25) is 0 Å². The molecule has 2 aliphatic carbocycles. The van der Waals surface area contributed by atoms with Gasteiger partial charge in [0.2, 0.25) is 0 Å². The molecule has 2 aromatic rings. The second-order valence-electron chi connectivity index (χ2n) is 5.87. The van der Waals surface area contributed by atoms with Gasteiger partial charge >= 0.3 is 0 Å². The van der Waals surface area contributed by atoms with Crippen LogP contribution in [0, 0.1) is 11.3 Å². The number of hydrogen-bond donors (Lipinski definition) is 0. The van der Waals surface area contributed by atoms with Crippen LogP contribution in [-0.2, 0) is 0 Å². The van der Waals surface area contributed by atoms with Crippen LogP contribution in [0.5, 0.6) is 5.75 Å². The summed E-state index contributed by atoms with van der Waals surface area (Å²) in [6.07, 6.45) is 4.21. The van der Waals surface area contributed by atoms with Gasteiger partial charge in [0.1, 0.15) is 5.75 Å². The largest absolute Gasteiger partial charge is 0.494 e. The van der Waals surface area contributed by atoms with Crippen molar-refractivity contribution in [2.75, 3.05) is 6.61 Å². The summed E-state index contributed by atoms with van der Waals surface area (Å²) in [5.41, 5.74) is 6.45. The second-order valence-corrected chi connectivity index (χ2v) is 5.87. The monoisotopic (exact) mass is 311 g/mol. The summed E-state index contributed by atoms with van der Waals surface area (Å²) in [7, 11) is 0. The molecule has 0 heterocycles. The van der Waals surface area contributed by atoms with Gasteiger partial charge in [-0.05, 0) is 35.3 Å². The highest BCUT2D eigenvalue weighted by atomic mass is 16.5. The maximum absolute atomic E-state index is 9.59. The van der Waals surface area contributed by atoms with Crippen LogP contribution in [0.25, 0.3) is 5.57 Å². The Balaban J connectivity index is 1.82. The highest BCUT2D eigenvalue weighted by Crippen LogP contribution is 2.56. The van der Waals surface area contributed by atoms with Crippen molar-refractivity contribution < 1.29 is 4.74 Å². The Kier molecular flexibility index (Phi) is 3.55. The van der Waals surface area contributed by atoms with Gasteiger partial charge in [0.25, 0.3) is 0 Å². The lowest BCUT2D eigenvalue weighted by Crippen LogP contribution is -2.24. The van der Waals surface area contributed by atoms with Crippen molar-refractivity contribution in [1.82, 2.24) is 0 Å². The molecule has 2 aromatic carbocycles. The van der Waals surface area contributed by atoms with Gasteiger partial charge in [-0.1, -0.05) is 60.7 Å². The second kappa shape index (κ2) is 5.86. The van der Waals surface area contributed by atoms with E-state index in [9.17, 15) is 5.26 Å². The van der Waals surface area contributed by atoms with Gasteiger partial charge in [0.05, 0.1) is 18.2 Å². The number of nitriles is 1. The van der Waals surface area contributed by atoms with Crippen molar-refractivity contribution in [1.29, 1.82) is 5.26 Å². The zero-order valence-electron chi connectivity index (χ0n) is 13.5. The maximum Gasteiger partial charge on any atom is 0.123 e. The molecule has 1 atom stereocenters. The number of benzene rings is 2. The number of hydrogen-bond acceptors (Lipinski definition) is 2. The molecular formula is C22H17NO. The third-order valence-corrected chi connectivity index (χ3v) is 4.60. The number of ether oxygens (including phenoxy) is 1. The zero-order chi connectivity index (χ0) is 16.5. The molecule has 116 valence electrons. The molecule has 0 spiro atoms. The summed E-state index contributed by atoms with van der Waals surface area (Å²) < 4.78 is 5.82. The van der Waals surface area contributed by atoms with Crippen LogP contribution >= 0.6 is 0 Å². The molecule has 2 aliphatic rings. The molecule has 0 saturated heterocycles. The number of nitrogens with zero attached hydrogens (tertiary/aromatic N) is 1. The lowest BCUT2D eigenvalue weighted by atomic mass is 9.63. The van der Waals surface area contributed by atoms with Gasteiger partial charge in [-0.25, -0.2) is 0 Å². The van der Waals surface area contributed by atoms with Gasteiger partial charge in [0, 0.05) is 11.5 Å². The smallest absolute Gasteiger partial charge is 0.123 e. The molecule has 24 heavy (non-hydrogen) atoms. The Bertz CT molecular complexity index is 926. The minimum Gasteiger partial charge on any atom is -0.494 e. The van der Waals surface area contributed by atoms with E-state index in [0.29, 0.717) is 6.61 Å². The lowest BCUT2D eigenvalue weighted by Gasteiger charge is -2.39. The van der Waals surface area contributed by atoms with E-state index >= 15 is 0 Å². The van der Waals surface area contributed by atoms with Gasteiger partial charge in [-0.2, -0.15) is 5.26 Å². The van der Waals surface area contributed by atoms with E-state index in [1.54, 1.807) is 0 Å². The fourth-order valence-corrected chi connectivity index (χ4v) is 3.58. The fraction of sp³-hybridized carbons (Fsp3) is 0.136. The molecule has 0 aliphatic heterocycles. The normalized spacial score (nSPS) is 18.2. The molecule has 0 fully saturated rings. The first kappa shape index (κ1) is 14.5. The Labute approximate surface area is 142 Å². The molecule has 0 aromatic heterocycles. The van der Waals surface area contributed by atoms with Crippen LogP contribution in [0.3, 0.4) is 0 Å². The summed E-state index contributed by atoms with van der Waals surface area (Å²) in [4.78, 5) is 0. The molecule has 2 heteroatoms. The summed E-state index contributed by atoms with van der Waals surface area (Å²) in [5.74, 6) is 1.03. The quantitative estimate of drug-likeness (QED) is 0.793. The minimum absolute atomic E-state index is 0.127. The van der Waals surface area contributed by atoms with E-state index in [0.717, 1.165) is 39.2 Å². The van der Waals surface area contributed by atoms with Gasteiger partial charge < -0.3 is 4.74 Å². The Morgan fingerprint density at radius 1 is 1.00 bits per heavy atom. The van der Waals surface area contributed by atoms with E-state index in [4.69, 9.17) is 4.74 Å². The molecule has 4 rings (SSSR count). The van der Waals surface area contributed by atoms with Crippen LogP contribution in [0.1, 0.15) is 24.0 Å². The average Bonchev–Trinajstić information content (AvgIpc) is 2.64. The topological polar surface area (TPSA) is 33.0 Å². The zero-order valence-corrected chi connectivity index (χ0v) is 13.5. The fourth-order valence-electron chi connectivity index (χ4n) is 3.58. The van der Waals surface area contributed by atoms with Crippen LogP contribution in [0.4, 0.5) is 0 Å². The van der Waals surface area contributed by atoms with Crippen molar-refractivity contribution in [3.63, 3.8) is 0 Å². The number of fused-ring (bicyclic) bond motifs is 2. The Morgan fingerprint density at radius 3 is 2.50 bits per heavy atom. The molecule has 0 amide bonds. The maximum atomic E-state index is 9.59. The van der Waals surface area contributed by atoms with Crippen LogP contribution in [0.15, 0.2) is 83.5 Å². The predicted octanol–water partition coefficient (Wildman–Crippen LogP) is 5.03. The van der Waals surface area contributed by atoms with Gasteiger partial charge in [-0.15, -0.1) is 0 Å². The molecule has 2 nitrogen and oxygen atoms in total. The summed E-state index contributed by atoms with van der Waals surface area (Å²) in [6, 6.07) is 20.8. The number of allylic oxidation sites excluding steroid dienone is 6. The lowest BCUT2D eigenvalue weighted by molar-refractivity contribution is 0.335. The first-order valence-corrected chi connectivity index (χ1v) is 8.19. The first-order valence-electron chi connectivity index (χ1n) is 8.19. The van der Waals surface area contributed by atoms with Crippen molar-refractivity contribution >= 4 is 5.57 Å². The van der Waals surface area contributed by atoms with E-state index in [1.165, 1.54) is 0 Å². The molecule has 0 radical (unpaired) electrons. The summed E-state index contributed by atoms with van der Waals surface area (Å²) in [6.45, 7) is 2.63. The van der Waals surface area contributed by atoms with Crippen molar-refractivity contribution in [2.45, 2.75) is 12.8 Å². The predicted molar refractivity (Wildman–Crippen MR) is 95.5 cm³/mol. The molecular weight excluding hydrogens is 294 g/mol. The third kappa shape index (κ3) is 2.10. The highest BCUT2D eigenvalue weighted by molar-refractivity contribution is 5.94. The van der Waals surface area contributed by atoms with E-state index in [-0.39, 0.29) is 5.92 Å². The standard InChI is InChI=1S/C22H17NO/c1-2-24-20-11-7-6-10-18(20)22-17-13-12-16(21(22)19(17)14-23)15-8-4-3-5-9-15/h3-13,22H,2H2,1H3. The van der Waals surface area contributed by atoms with E-state index < -0.39 is 0 Å². The van der Waals surface area contributed by atoms with Crippen molar-refractivity contribution in [3.8, 4) is 11.8 Å². The average molecular weight is 311 g/mol.